The number of rotatable bonds is 4. The molecule has 94 valence electrons. The Hall–Kier alpha value is -0.240. The van der Waals surface area contributed by atoms with Crippen LogP contribution in [0, 0.1) is 0 Å². The molecule has 16 heavy (non-hydrogen) atoms. The minimum atomic E-state index is -3.33. The van der Waals surface area contributed by atoms with Crippen molar-refractivity contribution in [3.63, 3.8) is 0 Å². The van der Waals surface area contributed by atoms with Crippen molar-refractivity contribution in [2.75, 3.05) is 32.9 Å². The van der Waals surface area contributed by atoms with Gasteiger partial charge in [-0.1, -0.05) is 12.2 Å². The smallest absolute Gasteiger partial charge is 0.220 e. The van der Waals surface area contributed by atoms with E-state index in [2.05, 4.69) is 17.1 Å². The van der Waals surface area contributed by atoms with Gasteiger partial charge in [-0.15, -0.1) is 0 Å². The molecule has 0 aromatic rings. The standard InChI is InChI=1S/C9H19N3O2S2/c1-11-5-3-8(4-6-11)12(2)16(13,14)7-9(10)15/h8H,3-7H2,1-2H3,(H2,10,15). The molecule has 0 bridgehead atoms. The topological polar surface area (TPSA) is 66.6 Å². The van der Waals surface area contributed by atoms with Crippen LogP contribution in [-0.4, -0.2) is 61.6 Å². The molecule has 0 aromatic carbocycles. The van der Waals surface area contributed by atoms with Crippen molar-refractivity contribution in [3.05, 3.63) is 0 Å². The Balaban J connectivity index is 2.63. The zero-order valence-electron chi connectivity index (χ0n) is 9.72. The number of hydrogen-bond acceptors (Lipinski definition) is 4. The molecular formula is C9H19N3O2S2. The number of sulfonamides is 1. The van der Waals surface area contributed by atoms with E-state index >= 15 is 0 Å². The maximum Gasteiger partial charge on any atom is 0.220 e. The van der Waals surface area contributed by atoms with Crippen molar-refractivity contribution < 1.29 is 8.42 Å². The van der Waals surface area contributed by atoms with E-state index in [9.17, 15) is 8.42 Å². The van der Waals surface area contributed by atoms with Gasteiger partial charge in [0.1, 0.15) is 5.75 Å². The van der Waals surface area contributed by atoms with Gasteiger partial charge in [-0.2, -0.15) is 0 Å². The molecule has 0 atom stereocenters. The van der Waals surface area contributed by atoms with E-state index in [-0.39, 0.29) is 16.8 Å². The fourth-order valence-corrected chi connectivity index (χ4v) is 3.54. The predicted molar refractivity (Wildman–Crippen MR) is 68.9 cm³/mol. The molecule has 0 aromatic heterocycles. The minimum Gasteiger partial charge on any atom is -0.392 e. The molecular weight excluding hydrogens is 246 g/mol. The van der Waals surface area contributed by atoms with Crippen LogP contribution in [-0.2, 0) is 10.0 Å². The molecule has 0 saturated carbocycles. The lowest BCUT2D eigenvalue weighted by Gasteiger charge is -2.34. The Morgan fingerprint density at radius 3 is 2.44 bits per heavy atom. The van der Waals surface area contributed by atoms with Gasteiger partial charge in [0.15, 0.2) is 0 Å². The number of thiocarbonyl (C=S) groups is 1. The van der Waals surface area contributed by atoms with Crippen LogP contribution in [0.15, 0.2) is 0 Å². The number of likely N-dealkylation sites (tertiary alicyclic amines) is 1. The normalized spacial score (nSPS) is 20.2. The summed E-state index contributed by atoms with van der Waals surface area (Å²) in [6.07, 6.45) is 1.73. The van der Waals surface area contributed by atoms with Crippen LogP contribution in [0.3, 0.4) is 0 Å². The highest BCUT2D eigenvalue weighted by Crippen LogP contribution is 2.17. The molecule has 1 aliphatic rings. The Labute approximate surface area is 103 Å². The molecule has 7 heteroatoms. The number of piperidine rings is 1. The number of hydrogen-bond donors (Lipinski definition) is 1. The van der Waals surface area contributed by atoms with E-state index in [1.165, 1.54) is 4.31 Å². The predicted octanol–water partition coefficient (Wildman–Crippen LogP) is -0.372. The van der Waals surface area contributed by atoms with E-state index in [0.29, 0.717) is 0 Å². The van der Waals surface area contributed by atoms with E-state index in [4.69, 9.17) is 5.73 Å². The monoisotopic (exact) mass is 265 g/mol. The summed E-state index contributed by atoms with van der Waals surface area (Å²) in [6, 6.07) is 0.0792. The Kier molecular flexibility index (Phi) is 4.66. The lowest BCUT2D eigenvalue weighted by molar-refractivity contribution is 0.198. The molecule has 1 fully saturated rings. The summed E-state index contributed by atoms with van der Waals surface area (Å²) >= 11 is 4.65. The molecule has 1 heterocycles. The fraction of sp³-hybridized carbons (Fsp3) is 0.889. The quantitative estimate of drug-likeness (QED) is 0.703. The van der Waals surface area contributed by atoms with Crippen molar-refractivity contribution in [3.8, 4) is 0 Å². The van der Waals surface area contributed by atoms with Crippen LogP contribution >= 0.6 is 12.2 Å². The van der Waals surface area contributed by atoms with E-state index in [0.717, 1.165) is 25.9 Å². The largest absolute Gasteiger partial charge is 0.392 e. The summed E-state index contributed by atoms with van der Waals surface area (Å²) in [6.45, 7) is 1.86. The summed E-state index contributed by atoms with van der Waals surface area (Å²) in [7, 11) is 0.328. The molecule has 1 aliphatic heterocycles. The first kappa shape index (κ1) is 13.8. The first-order valence-electron chi connectivity index (χ1n) is 5.25. The molecule has 2 N–H and O–H groups in total. The SMILES string of the molecule is CN1CCC(N(C)S(=O)(=O)CC(N)=S)CC1. The second-order valence-electron chi connectivity index (χ2n) is 4.27. The zero-order chi connectivity index (χ0) is 12.3. The van der Waals surface area contributed by atoms with Gasteiger partial charge in [0.05, 0.1) is 4.99 Å². The molecule has 5 nitrogen and oxygen atoms in total. The third-order valence-corrected chi connectivity index (χ3v) is 5.14. The van der Waals surface area contributed by atoms with Gasteiger partial charge >= 0.3 is 0 Å². The average molecular weight is 265 g/mol. The fourth-order valence-electron chi connectivity index (χ4n) is 1.87. The van der Waals surface area contributed by atoms with Crippen molar-refractivity contribution >= 4 is 27.2 Å². The third-order valence-electron chi connectivity index (χ3n) is 2.97. The van der Waals surface area contributed by atoms with Crippen molar-refractivity contribution in [2.45, 2.75) is 18.9 Å². The van der Waals surface area contributed by atoms with Crippen molar-refractivity contribution in [2.24, 2.45) is 5.73 Å². The number of nitrogens with two attached hydrogens (primary N) is 1. The number of nitrogens with zero attached hydrogens (tertiary/aromatic N) is 2. The second kappa shape index (κ2) is 5.39. The van der Waals surface area contributed by atoms with Crippen LogP contribution in [0.5, 0.6) is 0 Å². The summed E-state index contributed by atoms with van der Waals surface area (Å²) in [5.41, 5.74) is 5.29. The van der Waals surface area contributed by atoms with Gasteiger partial charge in [-0.3, -0.25) is 0 Å². The molecule has 1 saturated heterocycles. The van der Waals surface area contributed by atoms with Crippen LogP contribution in [0.4, 0.5) is 0 Å². The highest BCUT2D eigenvalue weighted by Gasteiger charge is 2.28. The summed E-state index contributed by atoms with van der Waals surface area (Å²) in [5, 5.41) is 0. The van der Waals surface area contributed by atoms with Crippen LogP contribution in [0.25, 0.3) is 0 Å². The third kappa shape index (κ3) is 3.65. The van der Waals surface area contributed by atoms with Gasteiger partial charge in [0.2, 0.25) is 10.0 Å². The zero-order valence-corrected chi connectivity index (χ0v) is 11.4. The lowest BCUT2D eigenvalue weighted by Crippen LogP contribution is -2.46. The highest BCUT2D eigenvalue weighted by atomic mass is 32.2. The van der Waals surface area contributed by atoms with Crippen LogP contribution in [0.2, 0.25) is 0 Å². The van der Waals surface area contributed by atoms with E-state index in [1.807, 2.05) is 7.05 Å². The maximum absolute atomic E-state index is 11.9. The van der Waals surface area contributed by atoms with E-state index in [1.54, 1.807) is 7.05 Å². The molecule has 1 rings (SSSR count). The highest BCUT2D eigenvalue weighted by molar-refractivity contribution is 7.92. The van der Waals surface area contributed by atoms with Crippen LogP contribution < -0.4 is 5.73 Å². The Morgan fingerprint density at radius 2 is 2.00 bits per heavy atom. The van der Waals surface area contributed by atoms with Crippen LogP contribution in [0.1, 0.15) is 12.8 Å². The molecule has 0 unspecified atom stereocenters. The maximum atomic E-state index is 11.9. The van der Waals surface area contributed by atoms with Gasteiger partial charge in [-0.25, -0.2) is 12.7 Å². The van der Waals surface area contributed by atoms with Gasteiger partial charge in [0.25, 0.3) is 0 Å². The van der Waals surface area contributed by atoms with Crippen molar-refractivity contribution in [1.29, 1.82) is 0 Å². The molecule has 0 amide bonds. The Morgan fingerprint density at radius 1 is 1.50 bits per heavy atom. The van der Waals surface area contributed by atoms with Gasteiger partial charge in [-0.05, 0) is 33.0 Å². The van der Waals surface area contributed by atoms with Crippen molar-refractivity contribution in [1.82, 2.24) is 9.21 Å². The van der Waals surface area contributed by atoms with E-state index < -0.39 is 10.0 Å². The molecule has 0 spiro atoms. The first-order chi connectivity index (χ1) is 7.33. The second-order valence-corrected chi connectivity index (χ2v) is 6.83. The molecule has 0 radical (unpaired) electrons. The minimum absolute atomic E-state index is 0.0276. The first-order valence-corrected chi connectivity index (χ1v) is 7.27. The lowest BCUT2D eigenvalue weighted by atomic mass is 10.1. The molecule has 0 aliphatic carbocycles. The summed E-state index contributed by atoms with van der Waals surface area (Å²) in [5.74, 6) is -0.231. The summed E-state index contributed by atoms with van der Waals surface area (Å²) in [4.78, 5) is 2.23. The van der Waals surface area contributed by atoms with Gasteiger partial charge < -0.3 is 10.6 Å². The van der Waals surface area contributed by atoms with Gasteiger partial charge in [0, 0.05) is 13.1 Å². The average Bonchev–Trinajstić information content (AvgIpc) is 2.16. The Bertz CT molecular complexity index is 348. The summed E-state index contributed by atoms with van der Waals surface area (Å²) < 4.78 is 25.2.